The molecule has 1 N–H and O–H groups in total. The molecule has 0 unspecified atom stereocenters. The predicted octanol–water partition coefficient (Wildman–Crippen LogP) is 5.92. The molecule has 2 aliphatic rings. The molecule has 1 saturated heterocycles. The normalized spacial score (nSPS) is 21.2. The Hall–Kier alpha value is -2.93. The van der Waals surface area contributed by atoms with E-state index in [4.69, 9.17) is 0 Å². The van der Waals surface area contributed by atoms with Gasteiger partial charge in [-0.1, -0.05) is 28.9 Å². The second-order valence-corrected chi connectivity index (χ2v) is 11.0. The van der Waals surface area contributed by atoms with Gasteiger partial charge in [-0.2, -0.15) is 0 Å². The second kappa shape index (κ2) is 8.69. The van der Waals surface area contributed by atoms with Gasteiger partial charge in [-0.05, 0) is 100 Å². The summed E-state index contributed by atoms with van der Waals surface area (Å²) >= 11 is 3.40. The van der Waals surface area contributed by atoms with E-state index in [-0.39, 0.29) is 11.1 Å². The van der Waals surface area contributed by atoms with Gasteiger partial charge in [-0.15, -0.1) is 0 Å². The van der Waals surface area contributed by atoms with Crippen molar-refractivity contribution >= 4 is 51.2 Å². The summed E-state index contributed by atoms with van der Waals surface area (Å²) in [4.78, 5) is 42.0. The molecule has 4 rings (SSSR count). The van der Waals surface area contributed by atoms with Crippen molar-refractivity contribution in [3.63, 3.8) is 0 Å². The molecule has 34 heavy (non-hydrogen) atoms. The third-order valence-electron chi connectivity index (χ3n) is 6.63. The lowest BCUT2D eigenvalue weighted by Crippen LogP contribution is -2.54. The van der Waals surface area contributed by atoms with Crippen molar-refractivity contribution in [1.82, 2.24) is 5.32 Å². The average molecular weight is 524 g/mol. The van der Waals surface area contributed by atoms with Crippen LogP contribution in [0.25, 0.3) is 6.08 Å². The summed E-state index contributed by atoms with van der Waals surface area (Å²) in [6.45, 7) is 12.9. The number of rotatable bonds is 3. The zero-order chi connectivity index (χ0) is 24.9. The highest BCUT2D eigenvalue weighted by atomic mass is 79.9. The number of nitrogens with one attached hydrogen (secondary N) is 1. The largest absolute Gasteiger partial charge is 0.364 e. The molecular formula is C27H30BrN3O3. The van der Waals surface area contributed by atoms with E-state index < -0.39 is 17.8 Å². The fourth-order valence-corrected chi connectivity index (χ4v) is 5.93. The van der Waals surface area contributed by atoms with E-state index in [1.807, 2.05) is 19.1 Å². The van der Waals surface area contributed by atoms with Crippen LogP contribution in [0.5, 0.6) is 0 Å². The number of halogens is 1. The molecule has 1 fully saturated rings. The molecule has 6 nitrogen and oxygen atoms in total. The number of carbonyl (C=O) groups excluding carboxylic acids is 3. The minimum absolute atomic E-state index is 0.0309. The number of imide groups is 2. The van der Waals surface area contributed by atoms with Gasteiger partial charge in [0, 0.05) is 21.7 Å². The van der Waals surface area contributed by atoms with Gasteiger partial charge in [0.25, 0.3) is 11.8 Å². The first-order valence-electron chi connectivity index (χ1n) is 11.5. The molecule has 0 bridgehead atoms. The minimum atomic E-state index is -0.744. The molecule has 178 valence electrons. The zero-order valence-corrected chi connectivity index (χ0v) is 22.0. The predicted molar refractivity (Wildman–Crippen MR) is 139 cm³/mol. The number of anilines is 2. The molecule has 1 atom stereocenters. The van der Waals surface area contributed by atoms with E-state index in [2.05, 4.69) is 72.9 Å². The average Bonchev–Trinajstić information content (AvgIpc) is 2.72. The molecule has 0 saturated carbocycles. The van der Waals surface area contributed by atoms with Crippen molar-refractivity contribution < 1.29 is 14.4 Å². The molecule has 2 aromatic rings. The zero-order valence-electron chi connectivity index (χ0n) is 20.4. The fraction of sp³-hybridized carbons (Fsp3) is 0.370. The van der Waals surface area contributed by atoms with Crippen LogP contribution in [0.2, 0.25) is 0 Å². The van der Waals surface area contributed by atoms with Crippen molar-refractivity contribution in [3.8, 4) is 0 Å². The minimum Gasteiger partial charge on any atom is -0.364 e. The molecular weight excluding hydrogens is 494 g/mol. The molecule has 2 heterocycles. The number of fused-ring (bicyclic) bond motifs is 1. The monoisotopic (exact) mass is 523 g/mol. The Bertz CT molecular complexity index is 1230. The standard InChI is InChI=1S/C27H30BrN3O3/c1-15(2)31-23-9-7-18(12-20(23)17(4)14-27(31,5)6)13-21-24(32)29-26(34)30(25(21)33)22-10-8-19(28)11-16(22)3/h7-13,15,17H,14H2,1-6H3,(H,29,32,34)/b21-13+/t17-/m1/s1. The Kier molecular flexibility index (Phi) is 6.19. The van der Waals surface area contributed by atoms with Gasteiger partial charge in [0.2, 0.25) is 0 Å². The van der Waals surface area contributed by atoms with Gasteiger partial charge in [0.1, 0.15) is 5.57 Å². The topological polar surface area (TPSA) is 69.7 Å². The van der Waals surface area contributed by atoms with Crippen LogP contribution in [0.15, 0.2) is 46.4 Å². The Labute approximate surface area is 209 Å². The van der Waals surface area contributed by atoms with Crippen LogP contribution >= 0.6 is 15.9 Å². The number of urea groups is 1. The molecule has 0 aliphatic carbocycles. The van der Waals surface area contributed by atoms with Gasteiger partial charge >= 0.3 is 6.03 Å². The molecule has 7 heteroatoms. The summed E-state index contributed by atoms with van der Waals surface area (Å²) in [5.74, 6) is -0.982. The van der Waals surface area contributed by atoms with Crippen LogP contribution in [0.3, 0.4) is 0 Å². The first-order chi connectivity index (χ1) is 15.9. The number of barbiturate groups is 1. The van der Waals surface area contributed by atoms with Crippen molar-refractivity contribution in [3.05, 3.63) is 63.1 Å². The molecule has 2 aliphatic heterocycles. The maximum Gasteiger partial charge on any atom is 0.335 e. The molecule has 4 amide bonds. The van der Waals surface area contributed by atoms with E-state index in [1.54, 1.807) is 18.2 Å². The summed E-state index contributed by atoms with van der Waals surface area (Å²) < 4.78 is 0.840. The lowest BCUT2D eigenvalue weighted by molar-refractivity contribution is -0.122. The van der Waals surface area contributed by atoms with Gasteiger partial charge in [-0.25, -0.2) is 9.69 Å². The number of hydrogen-bond donors (Lipinski definition) is 1. The van der Waals surface area contributed by atoms with Crippen molar-refractivity contribution in [2.45, 2.75) is 65.5 Å². The summed E-state index contributed by atoms with van der Waals surface area (Å²) in [6, 6.07) is 10.9. The van der Waals surface area contributed by atoms with Gasteiger partial charge in [0.05, 0.1) is 5.69 Å². The number of amides is 4. The van der Waals surface area contributed by atoms with Gasteiger partial charge in [-0.3, -0.25) is 14.9 Å². The molecule has 0 aromatic heterocycles. The van der Waals surface area contributed by atoms with Crippen LogP contribution in [0.4, 0.5) is 16.2 Å². The van der Waals surface area contributed by atoms with Gasteiger partial charge < -0.3 is 4.90 Å². The first kappa shape index (κ1) is 24.2. The third-order valence-corrected chi connectivity index (χ3v) is 7.12. The Balaban J connectivity index is 1.75. The SMILES string of the molecule is Cc1cc(Br)ccc1N1C(=O)NC(=O)/C(=C\c2ccc3c(c2)[C@H](C)CC(C)(C)N3C(C)C)C1=O. The third kappa shape index (κ3) is 4.17. The lowest BCUT2D eigenvalue weighted by Gasteiger charge is -2.50. The summed E-state index contributed by atoms with van der Waals surface area (Å²) in [6.07, 6.45) is 2.58. The Morgan fingerprint density at radius 2 is 1.76 bits per heavy atom. The molecule has 2 aromatic carbocycles. The lowest BCUT2D eigenvalue weighted by atomic mass is 9.78. The van der Waals surface area contributed by atoms with Crippen LogP contribution < -0.4 is 15.1 Å². The summed E-state index contributed by atoms with van der Waals surface area (Å²) in [5.41, 5.74) is 4.29. The Morgan fingerprint density at radius 3 is 2.41 bits per heavy atom. The quantitative estimate of drug-likeness (QED) is 0.400. The van der Waals surface area contributed by atoms with E-state index >= 15 is 0 Å². The van der Waals surface area contributed by atoms with Crippen LogP contribution in [-0.2, 0) is 9.59 Å². The number of hydrogen-bond acceptors (Lipinski definition) is 4. The van der Waals surface area contributed by atoms with E-state index in [0.29, 0.717) is 17.6 Å². The molecule has 0 radical (unpaired) electrons. The highest BCUT2D eigenvalue weighted by molar-refractivity contribution is 9.10. The summed E-state index contributed by atoms with van der Waals surface area (Å²) in [5, 5.41) is 2.31. The highest BCUT2D eigenvalue weighted by Gasteiger charge is 2.39. The number of carbonyl (C=O) groups is 3. The van der Waals surface area contributed by atoms with E-state index in [0.717, 1.165) is 26.9 Å². The van der Waals surface area contributed by atoms with Crippen molar-refractivity contribution in [1.29, 1.82) is 0 Å². The highest BCUT2D eigenvalue weighted by Crippen LogP contribution is 2.44. The maximum absolute atomic E-state index is 13.3. The summed E-state index contributed by atoms with van der Waals surface area (Å²) in [7, 11) is 0. The maximum atomic E-state index is 13.3. The fourth-order valence-electron chi connectivity index (χ4n) is 5.45. The van der Waals surface area contributed by atoms with E-state index in [1.165, 1.54) is 11.3 Å². The Morgan fingerprint density at radius 1 is 1.09 bits per heavy atom. The van der Waals surface area contributed by atoms with Crippen LogP contribution in [-0.4, -0.2) is 29.4 Å². The van der Waals surface area contributed by atoms with Crippen molar-refractivity contribution in [2.24, 2.45) is 0 Å². The van der Waals surface area contributed by atoms with Crippen molar-refractivity contribution in [2.75, 3.05) is 9.80 Å². The van der Waals surface area contributed by atoms with E-state index in [9.17, 15) is 14.4 Å². The van der Waals surface area contributed by atoms with Gasteiger partial charge in [0.15, 0.2) is 0 Å². The number of benzene rings is 2. The first-order valence-corrected chi connectivity index (χ1v) is 12.3. The number of nitrogens with zero attached hydrogens (tertiary/aromatic N) is 2. The smallest absolute Gasteiger partial charge is 0.335 e. The number of aryl methyl sites for hydroxylation is 1. The molecule has 0 spiro atoms. The second-order valence-electron chi connectivity index (χ2n) is 10.1. The van der Waals surface area contributed by atoms with Crippen LogP contribution in [0, 0.1) is 6.92 Å². The van der Waals surface area contributed by atoms with Crippen LogP contribution in [0.1, 0.15) is 63.6 Å².